The second-order valence-corrected chi connectivity index (χ2v) is 9.94. The van der Waals surface area contributed by atoms with Crippen molar-refractivity contribution in [2.45, 2.75) is 39.2 Å². The lowest BCUT2D eigenvalue weighted by molar-refractivity contribution is 0.00717. The van der Waals surface area contributed by atoms with Crippen molar-refractivity contribution in [3.05, 3.63) is 47.0 Å². The number of methoxy groups -OCH3 is 1. The Bertz CT molecular complexity index is 1210. The number of benzene rings is 2. The van der Waals surface area contributed by atoms with Crippen LogP contribution in [-0.2, 0) is 4.74 Å². The minimum absolute atomic E-state index is 0.235. The van der Waals surface area contributed by atoms with Crippen molar-refractivity contribution < 1.29 is 19.0 Å². The molecule has 4 rings (SSSR count). The summed E-state index contributed by atoms with van der Waals surface area (Å²) >= 11 is 6.46. The van der Waals surface area contributed by atoms with E-state index in [9.17, 15) is 4.79 Å². The van der Waals surface area contributed by atoms with Crippen LogP contribution in [-0.4, -0.2) is 48.3 Å². The monoisotopic (exact) mass is 498 g/mol. The molecule has 1 aliphatic rings. The number of fused-ring (bicyclic) bond motifs is 1. The number of hydrogen-bond acceptors (Lipinski definition) is 8. The van der Waals surface area contributed by atoms with Crippen LogP contribution in [0.1, 0.15) is 44.0 Å². The van der Waals surface area contributed by atoms with Gasteiger partial charge in [0.2, 0.25) is 0 Å². The average Bonchev–Trinajstić information content (AvgIpc) is 2.83. The van der Waals surface area contributed by atoms with E-state index >= 15 is 0 Å². The number of rotatable bonds is 7. The van der Waals surface area contributed by atoms with Crippen LogP contribution in [0.2, 0.25) is 5.02 Å². The molecule has 8 nitrogen and oxygen atoms in total. The van der Waals surface area contributed by atoms with E-state index in [0.29, 0.717) is 51.3 Å². The smallest absolute Gasteiger partial charge is 0.339 e. The van der Waals surface area contributed by atoms with Gasteiger partial charge in [-0.1, -0.05) is 17.7 Å². The SMILES string of the molecule is COc1ccc(Cl)c(Nc2nc(OCC3CCNCC3)nc3cccc(C(=O)OC(C)(C)C)c23)c1. The number of carbonyl (C=O) groups excluding carboxylic acids is 1. The van der Waals surface area contributed by atoms with Gasteiger partial charge >= 0.3 is 12.0 Å². The highest BCUT2D eigenvalue weighted by molar-refractivity contribution is 6.33. The second-order valence-electron chi connectivity index (χ2n) is 9.53. The molecule has 2 aromatic carbocycles. The fourth-order valence-electron chi connectivity index (χ4n) is 3.92. The molecule has 0 unspecified atom stereocenters. The van der Waals surface area contributed by atoms with Crippen molar-refractivity contribution in [3.8, 4) is 11.8 Å². The molecular weight excluding hydrogens is 468 g/mol. The summed E-state index contributed by atoms with van der Waals surface area (Å²) < 4.78 is 17.0. The van der Waals surface area contributed by atoms with Gasteiger partial charge in [0, 0.05) is 6.07 Å². The van der Waals surface area contributed by atoms with E-state index in [1.54, 1.807) is 37.4 Å². The number of aromatic nitrogens is 2. The largest absolute Gasteiger partial charge is 0.497 e. The molecule has 2 heterocycles. The Morgan fingerprint density at radius 2 is 1.94 bits per heavy atom. The van der Waals surface area contributed by atoms with E-state index in [1.807, 2.05) is 26.8 Å². The first-order valence-corrected chi connectivity index (χ1v) is 12.1. The Kier molecular flexibility index (Phi) is 7.62. The molecule has 1 aliphatic heterocycles. The van der Waals surface area contributed by atoms with Crippen LogP contribution in [0.5, 0.6) is 11.8 Å². The van der Waals surface area contributed by atoms with E-state index in [-0.39, 0.29) is 6.01 Å². The molecule has 2 N–H and O–H groups in total. The first-order chi connectivity index (χ1) is 16.7. The average molecular weight is 499 g/mol. The number of anilines is 2. The van der Waals surface area contributed by atoms with Gasteiger partial charge in [-0.25, -0.2) is 4.79 Å². The Morgan fingerprint density at radius 3 is 2.66 bits per heavy atom. The maximum Gasteiger partial charge on any atom is 0.339 e. The van der Waals surface area contributed by atoms with Crippen molar-refractivity contribution in [3.63, 3.8) is 0 Å². The van der Waals surface area contributed by atoms with Crippen LogP contribution in [0.15, 0.2) is 36.4 Å². The van der Waals surface area contributed by atoms with Crippen LogP contribution in [0.25, 0.3) is 10.9 Å². The summed E-state index contributed by atoms with van der Waals surface area (Å²) in [5, 5.41) is 7.62. The molecule has 0 radical (unpaired) electrons. The number of nitrogens with one attached hydrogen (secondary N) is 2. The summed E-state index contributed by atoms with van der Waals surface area (Å²) in [4.78, 5) is 22.3. The fraction of sp³-hybridized carbons (Fsp3) is 0.423. The predicted octanol–water partition coefficient (Wildman–Crippen LogP) is 5.37. The van der Waals surface area contributed by atoms with Crippen LogP contribution < -0.4 is 20.1 Å². The minimum Gasteiger partial charge on any atom is -0.497 e. The Morgan fingerprint density at radius 1 is 1.17 bits per heavy atom. The van der Waals surface area contributed by atoms with Gasteiger partial charge in [-0.05, 0) is 76.9 Å². The Hall–Kier alpha value is -3.10. The lowest BCUT2D eigenvalue weighted by Crippen LogP contribution is -2.30. The van der Waals surface area contributed by atoms with Gasteiger partial charge in [0.15, 0.2) is 0 Å². The topological polar surface area (TPSA) is 94.6 Å². The summed E-state index contributed by atoms with van der Waals surface area (Å²) in [6, 6.07) is 10.8. The number of carbonyl (C=O) groups is 1. The minimum atomic E-state index is -0.651. The zero-order chi connectivity index (χ0) is 25.0. The van der Waals surface area contributed by atoms with Gasteiger partial charge in [0.25, 0.3) is 0 Å². The number of hydrogen-bond donors (Lipinski definition) is 2. The van der Waals surface area contributed by atoms with Gasteiger partial charge in [-0.15, -0.1) is 0 Å². The van der Waals surface area contributed by atoms with E-state index in [4.69, 9.17) is 25.8 Å². The normalized spacial score (nSPS) is 14.5. The van der Waals surface area contributed by atoms with Crippen molar-refractivity contribution in [2.24, 2.45) is 5.92 Å². The van der Waals surface area contributed by atoms with Gasteiger partial charge in [-0.2, -0.15) is 9.97 Å². The molecule has 0 bridgehead atoms. The van der Waals surface area contributed by atoms with Crippen molar-refractivity contribution in [1.29, 1.82) is 0 Å². The standard InChI is InChI=1S/C26H31ClN4O4/c1-26(2,3)35-24(32)18-6-5-7-20-22(18)23(29-21-14-17(33-4)8-9-19(21)27)31-25(30-20)34-15-16-10-12-28-13-11-16/h5-9,14,16,28H,10-13,15H2,1-4H3,(H,29,30,31). The number of halogens is 1. The maximum atomic E-state index is 13.1. The maximum absolute atomic E-state index is 13.1. The molecule has 1 fully saturated rings. The third kappa shape index (κ3) is 6.32. The third-order valence-electron chi connectivity index (χ3n) is 5.66. The van der Waals surface area contributed by atoms with Gasteiger partial charge < -0.3 is 24.8 Å². The zero-order valence-corrected chi connectivity index (χ0v) is 21.2. The summed E-state index contributed by atoms with van der Waals surface area (Å²) in [7, 11) is 1.58. The molecule has 0 saturated carbocycles. The molecule has 0 spiro atoms. The number of piperidine rings is 1. The number of esters is 1. The molecule has 1 aromatic heterocycles. The fourth-order valence-corrected chi connectivity index (χ4v) is 4.08. The summed E-state index contributed by atoms with van der Waals surface area (Å²) in [5.41, 5.74) is 0.838. The van der Waals surface area contributed by atoms with Crippen LogP contribution >= 0.6 is 11.6 Å². The van der Waals surface area contributed by atoms with Gasteiger partial charge in [-0.3, -0.25) is 0 Å². The Balaban J connectivity index is 1.76. The van der Waals surface area contributed by atoms with Crippen molar-refractivity contribution in [2.75, 3.05) is 32.1 Å². The molecular formula is C26H31ClN4O4. The number of nitrogens with zero attached hydrogens (tertiary/aromatic N) is 2. The number of ether oxygens (including phenoxy) is 3. The predicted molar refractivity (Wildman–Crippen MR) is 137 cm³/mol. The molecule has 186 valence electrons. The van der Waals surface area contributed by atoms with E-state index in [1.165, 1.54) is 0 Å². The van der Waals surface area contributed by atoms with E-state index in [2.05, 4.69) is 20.6 Å². The van der Waals surface area contributed by atoms with Crippen LogP contribution in [0.4, 0.5) is 11.5 Å². The second kappa shape index (κ2) is 10.7. The summed E-state index contributed by atoms with van der Waals surface area (Å²) in [6.45, 7) is 7.97. The van der Waals surface area contributed by atoms with Crippen molar-refractivity contribution >= 4 is 40.0 Å². The highest BCUT2D eigenvalue weighted by Crippen LogP contribution is 2.34. The van der Waals surface area contributed by atoms with E-state index in [0.717, 1.165) is 25.9 Å². The van der Waals surface area contributed by atoms with Crippen LogP contribution in [0, 0.1) is 5.92 Å². The first-order valence-electron chi connectivity index (χ1n) is 11.7. The molecule has 9 heteroatoms. The highest BCUT2D eigenvalue weighted by Gasteiger charge is 2.23. The van der Waals surface area contributed by atoms with Crippen LogP contribution in [0.3, 0.4) is 0 Å². The van der Waals surface area contributed by atoms with E-state index < -0.39 is 11.6 Å². The Labute approximate surface area is 210 Å². The molecule has 1 saturated heterocycles. The first kappa shape index (κ1) is 25.0. The van der Waals surface area contributed by atoms with Gasteiger partial charge in [0.1, 0.15) is 17.2 Å². The molecule has 0 aliphatic carbocycles. The molecule has 0 amide bonds. The lowest BCUT2D eigenvalue weighted by atomic mass is 9.99. The van der Waals surface area contributed by atoms with Crippen molar-refractivity contribution in [1.82, 2.24) is 15.3 Å². The van der Waals surface area contributed by atoms with Gasteiger partial charge in [0.05, 0.1) is 40.9 Å². The molecule has 0 atom stereocenters. The summed E-state index contributed by atoms with van der Waals surface area (Å²) in [5.74, 6) is 1.000. The quantitative estimate of drug-likeness (QED) is 0.420. The molecule has 3 aromatic rings. The lowest BCUT2D eigenvalue weighted by Gasteiger charge is -2.22. The summed E-state index contributed by atoms with van der Waals surface area (Å²) in [6.07, 6.45) is 2.09. The molecule has 35 heavy (non-hydrogen) atoms. The highest BCUT2D eigenvalue weighted by atomic mass is 35.5. The zero-order valence-electron chi connectivity index (χ0n) is 20.5. The third-order valence-corrected chi connectivity index (χ3v) is 5.98.